The molecule has 1 saturated heterocycles. The van der Waals surface area contributed by atoms with Crippen molar-refractivity contribution in [1.29, 1.82) is 5.53 Å². The third-order valence-electron chi connectivity index (χ3n) is 2.77. The van der Waals surface area contributed by atoms with Gasteiger partial charge in [-0.3, -0.25) is 0 Å². The van der Waals surface area contributed by atoms with Gasteiger partial charge in [-0.25, -0.2) is 20.8 Å². The van der Waals surface area contributed by atoms with E-state index in [9.17, 15) is 19.6 Å². The highest BCUT2D eigenvalue weighted by molar-refractivity contribution is 4.92. The molecule has 1 fully saturated rings. The molecular weight excluding hydrogens is 378 g/mol. The van der Waals surface area contributed by atoms with Crippen LogP contribution >= 0.6 is 0 Å². The summed E-state index contributed by atoms with van der Waals surface area (Å²) < 4.78 is 5.05. The van der Waals surface area contributed by atoms with Crippen LogP contribution in [0.15, 0.2) is 5.11 Å². The molecule has 1 aliphatic heterocycles. The second-order valence-electron chi connectivity index (χ2n) is 4.24. The molecule has 1 rings (SSSR count). The van der Waals surface area contributed by atoms with E-state index in [1.165, 1.54) is 0 Å². The fourth-order valence-corrected chi connectivity index (χ4v) is 1.99. The van der Waals surface area contributed by atoms with Crippen LogP contribution in [0.3, 0.4) is 0 Å². The van der Waals surface area contributed by atoms with Crippen molar-refractivity contribution in [3.05, 3.63) is 19.6 Å². The summed E-state index contributed by atoms with van der Waals surface area (Å²) in [5, 5.41) is 33.1. The Bertz CT molecular complexity index is 620. The number of ether oxygens (including phenoxy) is 1. The summed E-state index contributed by atoms with van der Waals surface area (Å²) in [4.78, 5) is 62.3. The largest absolute Gasteiger partial charge is 0.475 e. The van der Waals surface area contributed by atoms with E-state index in [0.717, 1.165) is 0 Å². The quantitative estimate of drug-likeness (QED) is 0.150. The lowest BCUT2D eigenvalue weighted by Gasteiger charge is -2.31. The summed E-state index contributed by atoms with van der Waals surface area (Å²) in [5.74, 6) is 0. The fraction of sp³-hybridized carbons (Fsp3) is 1.00. The van der Waals surface area contributed by atoms with Crippen LogP contribution in [0.25, 0.3) is 0 Å². The molecule has 0 radical (unpaired) electrons. The van der Waals surface area contributed by atoms with Crippen LogP contribution in [0.2, 0.25) is 0 Å². The summed E-state index contributed by atoms with van der Waals surface area (Å²) in [5.41, 5.74) is 6.67. The molecule has 20 nitrogen and oxygen atoms in total. The lowest BCUT2D eigenvalue weighted by molar-refractivity contribution is -1.01. The van der Waals surface area contributed by atoms with Crippen LogP contribution in [-0.4, -0.2) is 78.4 Å². The van der Waals surface area contributed by atoms with Crippen molar-refractivity contribution < 1.29 is 65.3 Å². The smallest absolute Gasteiger partial charge is 0.335 e. The Morgan fingerprint density at radius 3 is 1.85 bits per heavy atom. The zero-order chi connectivity index (χ0) is 19.9. The number of nitrogens with zero attached hydrogens (tertiary/aromatic N) is 6. The Kier molecular flexibility index (Phi) is 6.80. The Morgan fingerprint density at radius 1 is 0.885 bits per heavy atom. The van der Waals surface area contributed by atoms with Gasteiger partial charge in [-0.2, -0.15) is 19.4 Å². The van der Waals surface area contributed by atoms with Crippen LogP contribution in [0.5, 0.6) is 0 Å². The minimum absolute atomic E-state index is 0.931. The summed E-state index contributed by atoms with van der Waals surface area (Å²) in [6, 6.07) is 0. The summed E-state index contributed by atoms with van der Waals surface area (Å²) in [6.07, 6.45) is -9.52. The van der Waals surface area contributed by atoms with Gasteiger partial charge in [-0.05, 0) is 0 Å². The van der Waals surface area contributed by atoms with Gasteiger partial charge in [-0.1, -0.05) is 0 Å². The molecule has 2 unspecified atom stereocenters. The maximum Gasteiger partial charge on any atom is 0.475 e. The molecule has 5 N–H and O–H groups in total. The summed E-state index contributed by atoms with van der Waals surface area (Å²) in [6.45, 7) is -0.931. The molecule has 0 aliphatic carbocycles. The second kappa shape index (κ2) is 8.79. The maximum absolute atomic E-state index is 10.8. The van der Waals surface area contributed by atoms with E-state index >= 15 is 0 Å². The van der Waals surface area contributed by atoms with Crippen molar-refractivity contribution in [3.63, 3.8) is 0 Å². The minimum atomic E-state index is -2.05. The molecule has 20 heteroatoms. The lowest BCUT2D eigenvalue weighted by Crippen LogP contribution is -2.62. The van der Waals surface area contributed by atoms with Crippen LogP contribution in [0, 0.1) is 25.2 Å². The maximum atomic E-state index is 10.8. The van der Waals surface area contributed by atoms with E-state index in [4.69, 9.17) is 31.1 Å². The Morgan fingerprint density at radius 2 is 1.38 bits per heavy atom. The number of nitrogens with one attached hydrogen (secondary N) is 1. The van der Waals surface area contributed by atoms with Gasteiger partial charge < -0.3 is 4.74 Å². The normalized spacial score (nSPS) is 27.3. The van der Waals surface area contributed by atoms with Crippen molar-refractivity contribution in [1.82, 2.24) is 4.91 Å². The van der Waals surface area contributed by atoms with Crippen LogP contribution in [-0.2, 0) is 24.1 Å². The number of rotatable bonds is 10. The van der Waals surface area contributed by atoms with Gasteiger partial charge in [0.05, 0.1) is 0 Å². The molecule has 0 aromatic carbocycles. The first-order valence-corrected chi connectivity index (χ1v) is 6.15. The zero-order valence-corrected chi connectivity index (χ0v) is 12.2. The third-order valence-corrected chi connectivity index (χ3v) is 2.77. The molecule has 1 heterocycles. The molecule has 0 aromatic rings. The average molecular weight is 390 g/mol. The van der Waals surface area contributed by atoms with Gasteiger partial charge in [0.25, 0.3) is 24.5 Å². The van der Waals surface area contributed by atoms with E-state index < -0.39 is 57.6 Å². The van der Waals surface area contributed by atoms with Gasteiger partial charge in [0.1, 0.15) is 25.2 Å². The average Bonchev–Trinajstić information content (AvgIpc) is 2.50. The Hall–Kier alpha value is -3.93. The fourth-order valence-electron chi connectivity index (χ4n) is 1.99. The highest BCUT2D eigenvalue weighted by atomic mass is 17.0. The lowest BCUT2D eigenvalue weighted by atomic mass is 9.98. The van der Waals surface area contributed by atoms with Crippen molar-refractivity contribution in [2.75, 3.05) is 6.61 Å². The van der Waals surface area contributed by atoms with E-state index in [2.05, 4.69) is 29.4 Å². The highest BCUT2D eigenvalue weighted by Crippen LogP contribution is 2.29. The van der Waals surface area contributed by atoms with Crippen LogP contribution in [0.4, 0.5) is 0 Å². The SMILES string of the molecule is N=[N+]=N[C@@H]1OC(CO[N+](=O)O)[C@@H](O[N+](=O)O)[C@H](O[N+](=O)O)C1O[N+](=O)O. The third kappa shape index (κ3) is 5.61. The van der Waals surface area contributed by atoms with Crippen molar-refractivity contribution in [3.8, 4) is 0 Å². The first kappa shape index (κ1) is 20.1. The monoisotopic (exact) mass is 390 g/mol. The van der Waals surface area contributed by atoms with Gasteiger partial charge in [0, 0.05) is 0 Å². The van der Waals surface area contributed by atoms with Crippen molar-refractivity contribution >= 4 is 0 Å². The van der Waals surface area contributed by atoms with Crippen molar-refractivity contribution in [2.45, 2.75) is 30.6 Å². The summed E-state index contributed by atoms with van der Waals surface area (Å²) in [7, 11) is 0. The molecular formula is C6H12N7O13+5. The van der Waals surface area contributed by atoms with E-state index in [0.29, 0.717) is 0 Å². The molecule has 144 valence electrons. The first-order valence-electron chi connectivity index (χ1n) is 6.15. The molecule has 5 atom stereocenters. The van der Waals surface area contributed by atoms with Gasteiger partial charge in [0.2, 0.25) is 11.5 Å². The number of hydrogen-bond acceptors (Lipinski definition) is 11. The predicted octanol–water partition coefficient (Wildman–Crippen LogP) is -2.23. The minimum Gasteiger partial charge on any atom is -0.335 e. The Labute approximate surface area is 139 Å². The van der Waals surface area contributed by atoms with Gasteiger partial charge in [0.15, 0.2) is 11.2 Å². The molecule has 0 bridgehead atoms. The van der Waals surface area contributed by atoms with Gasteiger partial charge >= 0.3 is 20.3 Å². The molecule has 0 spiro atoms. The second-order valence-corrected chi connectivity index (χ2v) is 4.24. The molecule has 0 amide bonds. The molecule has 0 aromatic heterocycles. The van der Waals surface area contributed by atoms with E-state index in [1.807, 2.05) is 0 Å². The topological polar surface area (TPSA) is 258 Å². The summed E-state index contributed by atoms with van der Waals surface area (Å²) >= 11 is 0. The number of hydrogen-bond donors (Lipinski definition) is 5. The standard InChI is InChI=1S/C6H12N7O13/c7-9-8-6-5(26-13(20)21)4(25-12(18)19)3(24-11(16)17)2(23-6)1-22-10(14)15/h2-7H,1H2,(H,14,15)(H,16,17)(H,18,19)(H,20,21)/q+5/t2?,3-,4+,5?,6-/m1/s1. The predicted molar refractivity (Wildman–Crippen MR) is 58.2 cm³/mol. The van der Waals surface area contributed by atoms with E-state index in [1.54, 1.807) is 0 Å². The first-order chi connectivity index (χ1) is 12.1. The zero-order valence-electron chi connectivity index (χ0n) is 12.2. The molecule has 0 saturated carbocycles. The Balaban J connectivity index is 3.28. The molecule has 26 heavy (non-hydrogen) atoms. The highest BCUT2D eigenvalue weighted by Gasteiger charge is 2.62. The van der Waals surface area contributed by atoms with Crippen LogP contribution < -0.4 is 4.91 Å². The van der Waals surface area contributed by atoms with Gasteiger partial charge in [-0.15, -0.1) is 0 Å². The van der Waals surface area contributed by atoms with E-state index in [-0.39, 0.29) is 0 Å². The molecule has 1 aliphatic rings. The van der Waals surface area contributed by atoms with Crippen molar-refractivity contribution in [2.24, 2.45) is 5.11 Å². The van der Waals surface area contributed by atoms with Crippen LogP contribution in [0.1, 0.15) is 0 Å².